The van der Waals surface area contributed by atoms with Crippen LogP contribution in [0.3, 0.4) is 0 Å². The molecule has 0 aromatic carbocycles. The molecule has 0 saturated heterocycles. The zero-order valence-corrected chi connectivity index (χ0v) is 11.3. The van der Waals surface area contributed by atoms with Crippen LogP contribution in [0.25, 0.3) is 0 Å². The van der Waals surface area contributed by atoms with Crippen LogP contribution >= 0.6 is 0 Å². The number of carbonyl (C=O) groups is 1. The van der Waals surface area contributed by atoms with Gasteiger partial charge in [-0.3, -0.25) is 4.79 Å². The van der Waals surface area contributed by atoms with Gasteiger partial charge in [-0.15, -0.1) is 0 Å². The van der Waals surface area contributed by atoms with Crippen molar-refractivity contribution < 1.29 is 9.90 Å². The van der Waals surface area contributed by atoms with Crippen LogP contribution in [-0.4, -0.2) is 11.1 Å². The zero-order chi connectivity index (χ0) is 12.6. The second-order valence-corrected chi connectivity index (χ2v) is 5.68. The third-order valence-corrected chi connectivity index (χ3v) is 3.03. The summed E-state index contributed by atoms with van der Waals surface area (Å²) in [5, 5.41) is 9.09. The minimum Gasteiger partial charge on any atom is -0.481 e. The molecule has 0 saturated carbocycles. The maximum Gasteiger partial charge on any atom is 0.306 e. The van der Waals surface area contributed by atoms with E-state index in [0.717, 1.165) is 31.6 Å². The van der Waals surface area contributed by atoms with Crippen LogP contribution < -0.4 is 0 Å². The highest BCUT2D eigenvalue weighted by atomic mass is 16.4. The molecule has 0 aliphatic heterocycles. The maximum absolute atomic E-state index is 11.0. The van der Waals surface area contributed by atoms with Crippen molar-refractivity contribution >= 4 is 5.97 Å². The summed E-state index contributed by atoms with van der Waals surface area (Å²) < 4.78 is 0. The average molecular weight is 228 g/mol. The molecule has 0 fully saturated rings. The molecule has 0 rings (SSSR count). The average Bonchev–Trinajstić information content (AvgIpc) is 2.15. The summed E-state index contributed by atoms with van der Waals surface area (Å²) in [5.74, 6) is 0.621. The van der Waals surface area contributed by atoms with Gasteiger partial charge < -0.3 is 5.11 Å². The molecule has 0 bridgehead atoms. The lowest BCUT2D eigenvalue weighted by atomic mass is 9.92. The fourth-order valence-corrected chi connectivity index (χ4v) is 1.87. The van der Waals surface area contributed by atoms with Crippen LogP contribution in [0.4, 0.5) is 0 Å². The van der Waals surface area contributed by atoms with Crippen molar-refractivity contribution in [2.75, 3.05) is 0 Å². The fraction of sp³-hybridized carbons (Fsp3) is 0.929. The Balaban J connectivity index is 3.73. The number of hydrogen-bond donors (Lipinski definition) is 1. The van der Waals surface area contributed by atoms with Crippen LogP contribution in [0.15, 0.2) is 0 Å². The molecule has 96 valence electrons. The highest BCUT2D eigenvalue weighted by Crippen LogP contribution is 2.19. The maximum atomic E-state index is 11.0. The standard InChI is InChI=1S/C14H28O2/c1-11(2)7-5-6-8-13(14(15)16)10-9-12(3)4/h11-13H,5-10H2,1-4H3,(H,15,16). The zero-order valence-electron chi connectivity index (χ0n) is 11.3. The van der Waals surface area contributed by atoms with Crippen molar-refractivity contribution in [1.82, 2.24) is 0 Å². The van der Waals surface area contributed by atoms with Gasteiger partial charge in [-0.05, 0) is 24.7 Å². The first kappa shape index (κ1) is 15.5. The summed E-state index contributed by atoms with van der Waals surface area (Å²) in [6.07, 6.45) is 6.18. The van der Waals surface area contributed by atoms with Gasteiger partial charge in [-0.25, -0.2) is 0 Å². The summed E-state index contributed by atoms with van der Waals surface area (Å²) in [4.78, 5) is 11.0. The van der Waals surface area contributed by atoms with Crippen LogP contribution in [0, 0.1) is 17.8 Å². The Kier molecular flexibility index (Phi) is 8.32. The van der Waals surface area contributed by atoms with Crippen molar-refractivity contribution in [2.45, 2.75) is 66.2 Å². The van der Waals surface area contributed by atoms with Gasteiger partial charge in [0.05, 0.1) is 5.92 Å². The Morgan fingerprint density at radius 3 is 1.81 bits per heavy atom. The van der Waals surface area contributed by atoms with Gasteiger partial charge >= 0.3 is 5.97 Å². The highest BCUT2D eigenvalue weighted by molar-refractivity contribution is 5.69. The third-order valence-electron chi connectivity index (χ3n) is 3.03. The van der Waals surface area contributed by atoms with E-state index in [0.29, 0.717) is 5.92 Å². The van der Waals surface area contributed by atoms with Gasteiger partial charge in [0.1, 0.15) is 0 Å². The summed E-state index contributed by atoms with van der Waals surface area (Å²) in [7, 11) is 0. The van der Waals surface area contributed by atoms with Crippen LogP contribution in [0.1, 0.15) is 66.2 Å². The quantitative estimate of drug-likeness (QED) is 0.596. The number of unbranched alkanes of at least 4 members (excludes halogenated alkanes) is 1. The number of carboxylic acid groups (broad SMARTS) is 1. The van der Waals surface area contributed by atoms with E-state index < -0.39 is 5.97 Å². The monoisotopic (exact) mass is 228 g/mol. The molecule has 0 aliphatic rings. The van der Waals surface area contributed by atoms with Gasteiger partial charge in [-0.2, -0.15) is 0 Å². The van der Waals surface area contributed by atoms with Crippen molar-refractivity contribution in [2.24, 2.45) is 17.8 Å². The minimum absolute atomic E-state index is 0.116. The van der Waals surface area contributed by atoms with Crippen LogP contribution in [-0.2, 0) is 4.79 Å². The molecule has 0 heterocycles. The van der Waals surface area contributed by atoms with E-state index in [9.17, 15) is 4.79 Å². The first-order valence-electron chi connectivity index (χ1n) is 6.66. The molecule has 1 N–H and O–H groups in total. The number of rotatable bonds is 9. The first-order valence-corrected chi connectivity index (χ1v) is 6.66. The molecule has 1 unspecified atom stereocenters. The predicted molar refractivity (Wildman–Crippen MR) is 68.5 cm³/mol. The third kappa shape index (κ3) is 8.75. The lowest BCUT2D eigenvalue weighted by Crippen LogP contribution is -2.14. The highest BCUT2D eigenvalue weighted by Gasteiger charge is 2.16. The van der Waals surface area contributed by atoms with Crippen LogP contribution in [0.5, 0.6) is 0 Å². The topological polar surface area (TPSA) is 37.3 Å². The largest absolute Gasteiger partial charge is 0.481 e. The van der Waals surface area contributed by atoms with E-state index in [4.69, 9.17) is 5.11 Å². The summed E-state index contributed by atoms with van der Waals surface area (Å²) in [6.45, 7) is 8.73. The Morgan fingerprint density at radius 1 is 0.875 bits per heavy atom. The van der Waals surface area contributed by atoms with E-state index in [1.165, 1.54) is 12.8 Å². The molecule has 1 atom stereocenters. The lowest BCUT2D eigenvalue weighted by Gasteiger charge is -2.13. The molecule has 2 heteroatoms. The van der Waals surface area contributed by atoms with E-state index in [1.54, 1.807) is 0 Å². The molecule has 0 radical (unpaired) electrons. The lowest BCUT2D eigenvalue weighted by molar-refractivity contribution is -0.142. The van der Waals surface area contributed by atoms with Crippen molar-refractivity contribution in [1.29, 1.82) is 0 Å². The SMILES string of the molecule is CC(C)CCCCC(CCC(C)C)C(=O)O. The molecule has 0 aliphatic carbocycles. The molecule has 0 spiro atoms. The number of aliphatic carboxylic acids is 1. The van der Waals surface area contributed by atoms with Gasteiger partial charge in [0, 0.05) is 0 Å². The van der Waals surface area contributed by atoms with E-state index >= 15 is 0 Å². The van der Waals surface area contributed by atoms with E-state index in [1.807, 2.05) is 0 Å². The molecule has 0 aromatic heterocycles. The van der Waals surface area contributed by atoms with Gasteiger partial charge in [0.15, 0.2) is 0 Å². The second kappa shape index (κ2) is 8.60. The molecular weight excluding hydrogens is 200 g/mol. The van der Waals surface area contributed by atoms with Gasteiger partial charge in [-0.1, -0.05) is 53.4 Å². The first-order chi connectivity index (χ1) is 7.43. The van der Waals surface area contributed by atoms with Crippen molar-refractivity contribution in [3.63, 3.8) is 0 Å². The Morgan fingerprint density at radius 2 is 1.38 bits per heavy atom. The Bertz CT molecular complexity index is 185. The summed E-state index contributed by atoms with van der Waals surface area (Å²) >= 11 is 0. The molecule has 16 heavy (non-hydrogen) atoms. The van der Waals surface area contributed by atoms with E-state index in [-0.39, 0.29) is 5.92 Å². The van der Waals surface area contributed by atoms with Crippen molar-refractivity contribution in [3.05, 3.63) is 0 Å². The van der Waals surface area contributed by atoms with E-state index in [2.05, 4.69) is 27.7 Å². The fourth-order valence-electron chi connectivity index (χ4n) is 1.87. The number of hydrogen-bond acceptors (Lipinski definition) is 1. The summed E-state index contributed by atoms with van der Waals surface area (Å²) in [5.41, 5.74) is 0. The molecular formula is C14H28O2. The molecule has 2 nitrogen and oxygen atoms in total. The predicted octanol–water partition coefficient (Wildman–Crippen LogP) is 4.34. The minimum atomic E-state index is -0.606. The number of carboxylic acids is 1. The second-order valence-electron chi connectivity index (χ2n) is 5.68. The Hall–Kier alpha value is -0.530. The Labute approximate surface area is 100 Å². The summed E-state index contributed by atoms with van der Waals surface area (Å²) in [6, 6.07) is 0. The van der Waals surface area contributed by atoms with Crippen molar-refractivity contribution in [3.8, 4) is 0 Å². The molecule has 0 aromatic rings. The van der Waals surface area contributed by atoms with Crippen LogP contribution in [0.2, 0.25) is 0 Å². The molecule has 0 amide bonds. The normalized spacial score (nSPS) is 13.4. The van der Waals surface area contributed by atoms with Gasteiger partial charge in [0.25, 0.3) is 0 Å². The smallest absolute Gasteiger partial charge is 0.306 e. The van der Waals surface area contributed by atoms with Gasteiger partial charge in [0.2, 0.25) is 0 Å².